The second-order valence-corrected chi connectivity index (χ2v) is 2.72. The van der Waals surface area contributed by atoms with Crippen LogP contribution in [0.25, 0.3) is 0 Å². The zero-order valence-corrected chi connectivity index (χ0v) is 9.03. The van der Waals surface area contributed by atoms with Crippen molar-refractivity contribution in [3.05, 3.63) is 29.8 Å². The number of esters is 1. The van der Waals surface area contributed by atoms with Crippen LogP contribution in [0.2, 0.25) is 0 Å². The Balaban J connectivity index is 2.69. The standard InChI is InChI=1S/C13H10O3/c1-15-12-9-7-11(8-10-12)5-3-4-6-13(14)16-2/h7-10H,1-2H3. The molecular weight excluding hydrogens is 204 g/mol. The van der Waals surface area contributed by atoms with E-state index in [1.165, 1.54) is 7.11 Å². The van der Waals surface area contributed by atoms with Crippen molar-refractivity contribution >= 4 is 5.97 Å². The normalized spacial score (nSPS) is 7.88. The minimum absolute atomic E-state index is 0.593. The quantitative estimate of drug-likeness (QED) is 0.400. The molecule has 1 aromatic rings. The summed E-state index contributed by atoms with van der Waals surface area (Å²) in [6, 6.07) is 7.23. The van der Waals surface area contributed by atoms with E-state index in [4.69, 9.17) is 4.74 Å². The molecule has 80 valence electrons. The summed E-state index contributed by atoms with van der Waals surface area (Å²) in [5, 5.41) is 0. The second-order valence-electron chi connectivity index (χ2n) is 2.72. The van der Waals surface area contributed by atoms with E-state index in [1.54, 1.807) is 19.2 Å². The smallest absolute Gasteiger partial charge is 0.385 e. The lowest BCUT2D eigenvalue weighted by Gasteiger charge is -1.96. The molecule has 0 heterocycles. The first-order chi connectivity index (χ1) is 7.76. The van der Waals surface area contributed by atoms with E-state index in [1.807, 2.05) is 12.1 Å². The fourth-order valence-corrected chi connectivity index (χ4v) is 0.911. The molecule has 3 heteroatoms. The number of rotatable bonds is 1. The van der Waals surface area contributed by atoms with Gasteiger partial charge in [0.05, 0.1) is 14.2 Å². The maximum atomic E-state index is 10.6. The van der Waals surface area contributed by atoms with Gasteiger partial charge in [0.25, 0.3) is 0 Å². The van der Waals surface area contributed by atoms with Crippen molar-refractivity contribution in [1.29, 1.82) is 0 Å². The lowest BCUT2D eigenvalue weighted by Crippen LogP contribution is -1.93. The molecule has 0 saturated heterocycles. The highest BCUT2D eigenvalue weighted by Gasteiger charge is 1.89. The molecule has 0 fully saturated rings. The Kier molecular flexibility index (Phi) is 4.50. The Labute approximate surface area is 94.4 Å². The predicted octanol–water partition coefficient (Wildman–Crippen LogP) is 1.22. The van der Waals surface area contributed by atoms with E-state index in [0.717, 1.165) is 11.3 Å². The lowest BCUT2D eigenvalue weighted by atomic mass is 10.2. The first-order valence-corrected chi connectivity index (χ1v) is 4.50. The first kappa shape index (κ1) is 11.7. The molecule has 0 aliphatic rings. The molecule has 1 aromatic carbocycles. The van der Waals surface area contributed by atoms with Crippen LogP contribution < -0.4 is 4.74 Å². The Morgan fingerprint density at radius 3 is 2.38 bits per heavy atom. The highest BCUT2D eigenvalue weighted by molar-refractivity contribution is 5.88. The van der Waals surface area contributed by atoms with E-state index in [0.29, 0.717) is 0 Å². The maximum Gasteiger partial charge on any atom is 0.385 e. The maximum absolute atomic E-state index is 10.6. The average Bonchev–Trinajstić information content (AvgIpc) is 2.35. The van der Waals surface area contributed by atoms with Gasteiger partial charge in [-0.1, -0.05) is 5.92 Å². The number of hydrogen-bond acceptors (Lipinski definition) is 3. The fraction of sp³-hybridized carbons (Fsp3) is 0.154. The SMILES string of the molecule is COC(=O)C#CC#Cc1ccc(OC)cc1. The van der Waals surface area contributed by atoms with Crippen molar-refractivity contribution in [1.82, 2.24) is 0 Å². The molecule has 0 aliphatic heterocycles. The molecule has 1 rings (SSSR count). The third-order valence-corrected chi connectivity index (χ3v) is 1.71. The summed E-state index contributed by atoms with van der Waals surface area (Å²) < 4.78 is 9.34. The zero-order valence-electron chi connectivity index (χ0n) is 9.03. The van der Waals surface area contributed by atoms with Crippen molar-refractivity contribution in [3.63, 3.8) is 0 Å². The minimum atomic E-state index is -0.593. The third-order valence-electron chi connectivity index (χ3n) is 1.71. The van der Waals surface area contributed by atoms with Crippen LogP contribution in [-0.4, -0.2) is 20.2 Å². The van der Waals surface area contributed by atoms with E-state index in [2.05, 4.69) is 28.4 Å². The summed E-state index contributed by atoms with van der Waals surface area (Å²) in [7, 11) is 2.87. The Morgan fingerprint density at radius 1 is 1.12 bits per heavy atom. The van der Waals surface area contributed by atoms with Crippen LogP contribution in [-0.2, 0) is 9.53 Å². The summed E-state index contributed by atoms with van der Waals surface area (Å²) in [6.07, 6.45) is 0. The van der Waals surface area contributed by atoms with Gasteiger partial charge in [0, 0.05) is 11.5 Å². The minimum Gasteiger partial charge on any atom is -0.497 e. The molecular formula is C13H10O3. The Bertz CT molecular complexity index is 478. The number of carbonyl (C=O) groups is 1. The van der Waals surface area contributed by atoms with Crippen LogP contribution in [0.4, 0.5) is 0 Å². The molecule has 3 nitrogen and oxygen atoms in total. The topological polar surface area (TPSA) is 35.5 Å². The number of benzene rings is 1. The van der Waals surface area contributed by atoms with Crippen LogP contribution in [0.3, 0.4) is 0 Å². The molecule has 0 saturated carbocycles. The number of methoxy groups -OCH3 is 2. The summed E-state index contributed by atoms with van der Waals surface area (Å²) in [4.78, 5) is 10.6. The predicted molar refractivity (Wildman–Crippen MR) is 59.7 cm³/mol. The van der Waals surface area contributed by atoms with E-state index in [-0.39, 0.29) is 0 Å². The largest absolute Gasteiger partial charge is 0.497 e. The summed E-state index contributed by atoms with van der Waals surface area (Å²) in [5.41, 5.74) is 0.806. The molecule has 0 radical (unpaired) electrons. The van der Waals surface area contributed by atoms with Crippen LogP contribution in [0.15, 0.2) is 24.3 Å². The molecule has 0 aromatic heterocycles. The molecule has 0 N–H and O–H groups in total. The number of carbonyl (C=O) groups excluding carboxylic acids is 1. The number of hydrogen-bond donors (Lipinski definition) is 0. The first-order valence-electron chi connectivity index (χ1n) is 4.50. The van der Waals surface area contributed by atoms with E-state index in [9.17, 15) is 4.79 Å². The lowest BCUT2D eigenvalue weighted by molar-refractivity contribution is -0.133. The average molecular weight is 214 g/mol. The second kappa shape index (κ2) is 6.16. The zero-order chi connectivity index (χ0) is 11.8. The van der Waals surface area contributed by atoms with Gasteiger partial charge in [0.1, 0.15) is 5.75 Å². The molecule has 0 unspecified atom stereocenters. The van der Waals surface area contributed by atoms with Gasteiger partial charge in [-0.3, -0.25) is 0 Å². The molecule has 0 aliphatic carbocycles. The summed E-state index contributed by atoms with van der Waals surface area (Å²) >= 11 is 0. The highest BCUT2D eigenvalue weighted by atomic mass is 16.5. The number of ether oxygens (including phenoxy) is 2. The molecule has 16 heavy (non-hydrogen) atoms. The van der Waals surface area contributed by atoms with Gasteiger partial charge < -0.3 is 9.47 Å². The van der Waals surface area contributed by atoms with Crippen LogP contribution in [0.1, 0.15) is 5.56 Å². The van der Waals surface area contributed by atoms with Crippen molar-refractivity contribution in [2.24, 2.45) is 0 Å². The van der Waals surface area contributed by atoms with Gasteiger partial charge in [-0.25, -0.2) is 4.79 Å². The van der Waals surface area contributed by atoms with Crippen molar-refractivity contribution in [2.75, 3.05) is 14.2 Å². The van der Waals surface area contributed by atoms with E-state index >= 15 is 0 Å². The van der Waals surface area contributed by atoms with Gasteiger partial charge in [-0.15, -0.1) is 0 Å². The van der Waals surface area contributed by atoms with Crippen molar-refractivity contribution in [3.8, 4) is 29.4 Å². The van der Waals surface area contributed by atoms with Crippen LogP contribution >= 0.6 is 0 Å². The molecule has 0 bridgehead atoms. The summed E-state index contributed by atoms with van der Waals surface area (Å²) in [6.45, 7) is 0. The van der Waals surface area contributed by atoms with E-state index < -0.39 is 5.97 Å². The fourth-order valence-electron chi connectivity index (χ4n) is 0.911. The van der Waals surface area contributed by atoms with Gasteiger partial charge in [0.15, 0.2) is 0 Å². The van der Waals surface area contributed by atoms with Gasteiger partial charge in [-0.05, 0) is 36.1 Å². The Morgan fingerprint density at radius 2 is 1.81 bits per heavy atom. The molecule has 0 amide bonds. The highest BCUT2D eigenvalue weighted by Crippen LogP contribution is 2.09. The van der Waals surface area contributed by atoms with Crippen molar-refractivity contribution in [2.45, 2.75) is 0 Å². The van der Waals surface area contributed by atoms with Crippen molar-refractivity contribution < 1.29 is 14.3 Å². The Hall–Kier alpha value is -2.39. The van der Waals surface area contributed by atoms with Crippen LogP contribution in [0.5, 0.6) is 5.75 Å². The van der Waals surface area contributed by atoms with Gasteiger partial charge in [-0.2, -0.15) is 0 Å². The third kappa shape index (κ3) is 3.77. The van der Waals surface area contributed by atoms with Gasteiger partial charge >= 0.3 is 5.97 Å². The van der Waals surface area contributed by atoms with Gasteiger partial charge in [0.2, 0.25) is 0 Å². The monoisotopic (exact) mass is 214 g/mol. The molecule has 0 spiro atoms. The van der Waals surface area contributed by atoms with Crippen LogP contribution in [0, 0.1) is 23.7 Å². The summed E-state index contributed by atoms with van der Waals surface area (Å²) in [5.74, 6) is 10.1. The molecule has 0 atom stereocenters.